The smallest absolute Gasteiger partial charge is 0.123 e. The number of benzene rings is 3. The van der Waals surface area contributed by atoms with Crippen molar-refractivity contribution in [1.29, 1.82) is 5.26 Å². The van der Waals surface area contributed by atoms with Crippen molar-refractivity contribution < 1.29 is 4.74 Å². The Kier molecular flexibility index (Phi) is 5.72. The van der Waals surface area contributed by atoms with Crippen LogP contribution in [0.5, 0.6) is 5.75 Å². The molecule has 0 aliphatic rings. The molecule has 0 N–H and O–H groups in total. The normalized spacial score (nSPS) is 10.2. The zero-order valence-corrected chi connectivity index (χ0v) is 14.5. The predicted octanol–water partition coefficient (Wildman–Crippen LogP) is 5.58. The molecule has 0 saturated carbocycles. The van der Waals surface area contributed by atoms with Gasteiger partial charge in [0.1, 0.15) is 12.4 Å². The van der Waals surface area contributed by atoms with Crippen LogP contribution in [-0.4, -0.2) is 0 Å². The molecule has 0 bridgehead atoms. The molecule has 0 fully saturated rings. The summed E-state index contributed by atoms with van der Waals surface area (Å²) in [5.74, 6) is 0.863. The average molecular weight is 348 g/mol. The Hall–Kier alpha value is -2.76. The number of nitrogens with zero attached hydrogens (tertiary/aromatic N) is 1. The molecule has 0 aliphatic carbocycles. The molecule has 3 rings (SSSR count). The van der Waals surface area contributed by atoms with Crippen LogP contribution in [0, 0.1) is 11.3 Å². The number of rotatable bonds is 6. The molecule has 124 valence electrons. The van der Waals surface area contributed by atoms with Gasteiger partial charge in [-0.15, -0.1) is 0 Å². The highest BCUT2D eigenvalue weighted by Crippen LogP contribution is 2.25. The predicted molar refractivity (Wildman–Crippen MR) is 101 cm³/mol. The molecule has 25 heavy (non-hydrogen) atoms. The number of ether oxygens (including phenoxy) is 1. The highest BCUT2D eigenvalue weighted by Gasteiger charge is 2.06. The topological polar surface area (TPSA) is 33.0 Å². The summed E-state index contributed by atoms with van der Waals surface area (Å²) in [7, 11) is 0. The number of halogens is 1. The monoisotopic (exact) mass is 347 g/mol. The quantitative estimate of drug-likeness (QED) is 0.583. The van der Waals surface area contributed by atoms with Gasteiger partial charge in [-0.2, -0.15) is 5.26 Å². The van der Waals surface area contributed by atoms with Gasteiger partial charge in [0.05, 0.1) is 11.6 Å². The van der Waals surface area contributed by atoms with Crippen LogP contribution >= 0.6 is 11.6 Å². The van der Waals surface area contributed by atoms with E-state index in [9.17, 15) is 0 Å². The minimum Gasteiger partial charge on any atom is -0.489 e. The molecule has 0 unspecified atom stereocenters. The first-order valence-electron chi connectivity index (χ1n) is 8.19. The van der Waals surface area contributed by atoms with E-state index in [0.717, 1.165) is 29.7 Å². The summed E-state index contributed by atoms with van der Waals surface area (Å²) < 4.78 is 6.00. The van der Waals surface area contributed by atoms with Gasteiger partial charge in [0.25, 0.3) is 0 Å². The molecule has 0 atom stereocenters. The van der Waals surface area contributed by atoms with Gasteiger partial charge in [0, 0.05) is 5.02 Å². The molecule has 2 nitrogen and oxygen atoms in total. The molecule has 0 saturated heterocycles. The number of hydrogen-bond acceptors (Lipinski definition) is 2. The van der Waals surface area contributed by atoms with Crippen molar-refractivity contribution in [3.05, 3.63) is 100 Å². The van der Waals surface area contributed by atoms with Crippen molar-refractivity contribution in [2.45, 2.75) is 19.4 Å². The molecule has 3 heteroatoms. The van der Waals surface area contributed by atoms with Crippen LogP contribution in [-0.2, 0) is 19.4 Å². The van der Waals surface area contributed by atoms with Gasteiger partial charge in [0.2, 0.25) is 0 Å². The summed E-state index contributed by atoms with van der Waals surface area (Å²) >= 11 is 6.16. The molecule has 0 aromatic heterocycles. The Labute approximate surface area is 153 Å². The summed E-state index contributed by atoms with van der Waals surface area (Å²) in [6, 6.07) is 25.7. The lowest BCUT2D eigenvalue weighted by Gasteiger charge is -2.12. The maximum atomic E-state index is 8.88. The molecule has 0 radical (unpaired) electrons. The first-order chi connectivity index (χ1) is 12.2. The summed E-state index contributed by atoms with van der Waals surface area (Å²) in [6.07, 6.45) is 1.70. The number of nitriles is 1. The fraction of sp³-hybridized carbons (Fsp3) is 0.136. The Bertz CT molecular complexity index is 867. The Morgan fingerprint density at radius 2 is 1.60 bits per heavy atom. The van der Waals surface area contributed by atoms with Crippen LogP contribution in [0.1, 0.15) is 22.3 Å². The molecule has 0 aliphatic heterocycles. The summed E-state index contributed by atoms with van der Waals surface area (Å²) in [6.45, 7) is 0.534. The SMILES string of the molecule is N#Cc1ccc(CCc2cc(Cl)ccc2OCc2ccccc2)cc1. The third kappa shape index (κ3) is 4.86. The fourth-order valence-corrected chi connectivity index (χ4v) is 2.84. The molecular weight excluding hydrogens is 330 g/mol. The van der Waals surface area contributed by atoms with Crippen molar-refractivity contribution in [2.75, 3.05) is 0 Å². The summed E-state index contributed by atoms with van der Waals surface area (Å²) in [5, 5.41) is 9.59. The van der Waals surface area contributed by atoms with Gasteiger partial charge in [-0.3, -0.25) is 0 Å². The third-order valence-electron chi connectivity index (χ3n) is 4.03. The van der Waals surface area contributed by atoms with Crippen LogP contribution in [0.25, 0.3) is 0 Å². The van der Waals surface area contributed by atoms with Crippen LogP contribution in [0.15, 0.2) is 72.8 Å². The van der Waals surface area contributed by atoms with Gasteiger partial charge >= 0.3 is 0 Å². The molecule has 0 amide bonds. The zero-order chi connectivity index (χ0) is 17.5. The lowest BCUT2D eigenvalue weighted by molar-refractivity contribution is 0.303. The molecule has 3 aromatic rings. The largest absolute Gasteiger partial charge is 0.489 e. The van der Waals surface area contributed by atoms with Crippen LogP contribution in [0.2, 0.25) is 5.02 Å². The van der Waals surface area contributed by atoms with E-state index >= 15 is 0 Å². The number of hydrogen-bond donors (Lipinski definition) is 0. The van der Waals surface area contributed by atoms with Gasteiger partial charge in [-0.25, -0.2) is 0 Å². The lowest BCUT2D eigenvalue weighted by Crippen LogP contribution is -2.00. The third-order valence-corrected chi connectivity index (χ3v) is 4.26. The zero-order valence-electron chi connectivity index (χ0n) is 13.8. The fourth-order valence-electron chi connectivity index (χ4n) is 2.64. The number of aryl methyl sites for hydroxylation is 2. The minimum absolute atomic E-state index is 0.534. The van der Waals surface area contributed by atoms with E-state index < -0.39 is 0 Å². The molecular formula is C22H18ClNO. The molecule has 0 heterocycles. The van der Waals surface area contributed by atoms with Crippen molar-refractivity contribution in [2.24, 2.45) is 0 Å². The van der Waals surface area contributed by atoms with Crippen LogP contribution in [0.4, 0.5) is 0 Å². The first kappa shape index (κ1) is 17.1. The summed E-state index contributed by atoms with van der Waals surface area (Å²) in [5.41, 5.74) is 4.09. The highest BCUT2D eigenvalue weighted by atomic mass is 35.5. The molecule has 3 aromatic carbocycles. The molecule has 0 spiro atoms. The van der Waals surface area contributed by atoms with E-state index in [0.29, 0.717) is 17.2 Å². The average Bonchev–Trinajstić information content (AvgIpc) is 2.67. The van der Waals surface area contributed by atoms with E-state index in [1.165, 1.54) is 5.56 Å². The van der Waals surface area contributed by atoms with Gasteiger partial charge in [0.15, 0.2) is 0 Å². The second kappa shape index (κ2) is 8.37. The lowest BCUT2D eigenvalue weighted by atomic mass is 10.0. The van der Waals surface area contributed by atoms with Gasteiger partial charge in [-0.05, 0) is 59.9 Å². The highest BCUT2D eigenvalue weighted by molar-refractivity contribution is 6.30. The van der Waals surface area contributed by atoms with Crippen molar-refractivity contribution in [1.82, 2.24) is 0 Å². The van der Waals surface area contributed by atoms with Crippen LogP contribution in [0.3, 0.4) is 0 Å². The standard InChI is InChI=1S/C22H18ClNO/c23-21-12-13-22(25-16-19-4-2-1-3-5-19)20(14-21)11-10-17-6-8-18(15-24)9-7-17/h1-9,12-14H,10-11,16H2. The van der Waals surface area contributed by atoms with Gasteiger partial charge in [-0.1, -0.05) is 54.1 Å². The van der Waals surface area contributed by atoms with Crippen molar-refractivity contribution in [3.8, 4) is 11.8 Å². The second-order valence-corrected chi connectivity index (χ2v) is 6.27. The van der Waals surface area contributed by atoms with E-state index in [1.807, 2.05) is 72.8 Å². The first-order valence-corrected chi connectivity index (χ1v) is 8.56. The van der Waals surface area contributed by atoms with E-state index in [-0.39, 0.29) is 0 Å². The summed E-state index contributed by atoms with van der Waals surface area (Å²) in [4.78, 5) is 0. The maximum Gasteiger partial charge on any atom is 0.123 e. The van der Waals surface area contributed by atoms with Crippen molar-refractivity contribution in [3.63, 3.8) is 0 Å². The Balaban J connectivity index is 1.69. The van der Waals surface area contributed by atoms with Gasteiger partial charge < -0.3 is 4.74 Å². The van der Waals surface area contributed by atoms with E-state index in [1.54, 1.807) is 0 Å². The van der Waals surface area contributed by atoms with E-state index in [2.05, 4.69) is 6.07 Å². The minimum atomic E-state index is 0.534. The second-order valence-electron chi connectivity index (χ2n) is 5.84. The van der Waals surface area contributed by atoms with Crippen LogP contribution < -0.4 is 4.74 Å². The van der Waals surface area contributed by atoms with Crippen molar-refractivity contribution >= 4 is 11.6 Å². The Morgan fingerprint density at radius 1 is 0.840 bits per heavy atom. The Morgan fingerprint density at radius 3 is 2.32 bits per heavy atom. The maximum absolute atomic E-state index is 8.88. The van der Waals surface area contributed by atoms with E-state index in [4.69, 9.17) is 21.6 Å².